The molecule has 196 valence electrons. The zero-order valence-electron chi connectivity index (χ0n) is 22.8. The number of hydrogen-bond acceptors (Lipinski definition) is 2. The average molecular weight is 529 g/mol. The Morgan fingerprint density at radius 1 is 0.415 bits per heavy atom. The molecule has 0 fully saturated rings. The molecule has 0 bridgehead atoms. The standard InChI is InChI=1S/C39H28O2/c1-2-31(27-15-11-25(12-16-27)29-19-21-38-34(23-29)32-7-3-5-9-36(32)40-38)28-17-13-26(14-18-28)30-20-22-39-35(24-30)33-8-4-6-10-37(33)41-39/h3-24,31H,2H2,1H3. The number of hydrogen-bond donors (Lipinski definition) is 0. The SMILES string of the molecule is CCC(c1ccc(-c2ccc3oc4ccccc4c3c2)cc1)c1ccc(-c2ccc3oc4ccccc4c3c2)cc1. The first-order valence-electron chi connectivity index (χ1n) is 14.3. The molecule has 2 nitrogen and oxygen atoms in total. The summed E-state index contributed by atoms with van der Waals surface area (Å²) in [6.45, 7) is 2.27. The average Bonchev–Trinajstić information content (AvgIpc) is 3.60. The Morgan fingerprint density at radius 3 is 1.24 bits per heavy atom. The van der Waals surface area contributed by atoms with E-state index in [1.807, 2.05) is 24.3 Å². The molecule has 2 heteroatoms. The Hall–Kier alpha value is -5.08. The van der Waals surface area contributed by atoms with Gasteiger partial charge < -0.3 is 8.83 Å². The molecular weight excluding hydrogens is 500 g/mol. The van der Waals surface area contributed by atoms with Crippen LogP contribution in [0.5, 0.6) is 0 Å². The van der Waals surface area contributed by atoms with Gasteiger partial charge in [-0.1, -0.05) is 104 Å². The molecule has 2 aromatic heterocycles. The van der Waals surface area contributed by atoms with Crippen LogP contribution in [-0.4, -0.2) is 0 Å². The second kappa shape index (κ2) is 9.53. The first kappa shape index (κ1) is 23.8. The van der Waals surface area contributed by atoms with E-state index in [-0.39, 0.29) is 0 Å². The molecule has 8 rings (SSSR count). The van der Waals surface area contributed by atoms with Crippen molar-refractivity contribution < 1.29 is 8.83 Å². The Balaban J connectivity index is 1.08. The Morgan fingerprint density at radius 2 is 0.805 bits per heavy atom. The summed E-state index contributed by atoms with van der Waals surface area (Å²) in [7, 11) is 0. The number of benzene rings is 6. The van der Waals surface area contributed by atoms with Crippen molar-refractivity contribution in [3.8, 4) is 22.3 Å². The lowest BCUT2D eigenvalue weighted by Gasteiger charge is -2.17. The van der Waals surface area contributed by atoms with Crippen LogP contribution in [0.15, 0.2) is 142 Å². The Bertz CT molecular complexity index is 2020. The minimum absolute atomic E-state index is 0.346. The second-order valence-corrected chi connectivity index (χ2v) is 10.8. The molecule has 2 heterocycles. The first-order valence-corrected chi connectivity index (χ1v) is 14.3. The molecule has 0 radical (unpaired) electrons. The van der Waals surface area contributed by atoms with Crippen LogP contribution < -0.4 is 0 Å². The fourth-order valence-electron chi connectivity index (χ4n) is 6.29. The summed E-state index contributed by atoms with van der Waals surface area (Å²) < 4.78 is 12.0. The third-order valence-corrected chi connectivity index (χ3v) is 8.45. The van der Waals surface area contributed by atoms with Gasteiger partial charge in [-0.05, 0) is 76.2 Å². The van der Waals surface area contributed by atoms with Crippen LogP contribution in [0.3, 0.4) is 0 Å². The topological polar surface area (TPSA) is 26.3 Å². The summed E-state index contributed by atoms with van der Waals surface area (Å²) in [5, 5.41) is 4.64. The summed E-state index contributed by atoms with van der Waals surface area (Å²) in [5.74, 6) is 0.346. The third-order valence-electron chi connectivity index (χ3n) is 8.45. The molecule has 0 N–H and O–H groups in total. The lowest BCUT2D eigenvalue weighted by atomic mass is 9.87. The maximum absolute atomic E-state index is 6.02. The summed E-state index contributed by atoms with van der Waals surface area (Å²) in [6.07, 6.45) is 1.04. The van der Waals surface area contributed by atoms with Gasteiger partial charge in [0.15, 0.2) is 0 Å². The molecule has 0 amide bonds. The van der Waals surface area contributed by atoms with E-state index in [0.29, 0.717) is 5.92 Å². The Labute approximate surface area is 238 Å². The molecule has 41 heavy (non-hydrogen) atoms. The highest BCUT2D eigenvalue weighted by atomic mass is 16.3. The van der Waals surface area contributed by atoms with E-state index in [0.717, 1.165) is 50.3 Å². The molecular formula is C39H28O2. The normalized spacial score (nSPS) is 11.9. The molecule has 0 spiro atoms. The second-order valence-electron chi connectivity index (χ2n) is 10.8. The summed E-state index contributed by atoms with van der Waals surface area (Å²) >= 11 is 0. The van der Waals surface area contributed by atoms with Gasteiger partial charge in [0, 0.05) is 27.5 Å². The van der Waals surface area contributed by atoms with E-state index in [9.17, 15) is 0 Å². The van der Waals surface area contributed by atoms with Crippen molar-refractivity contribution in [1.29, 1.82) is 0 Å². The fraction of sp³-hybridized carbons (Fsp3) is 0.0769. The van der Waals surface area contributed by atoms with Gasteiger partial charge in [-0.3, -0.25) is 0 Å². The van der Waals surface area contributed by atoms with Gasteiger partial charge in [0.1, 0.15) is 22.3 Å². The van der Waals surface area contributed by atoms with Crippen LogP contribution in [0.4, 0.5) is 0 Å². The summed E-state index contributed by atoms with van der Waals surface area (Å²) in [5.41, 5.74) is 11.2. The van der Waals surface area contributed by atoms with Crippen molar-refractivity contribution in [3.63, 3.8) is 0 Å². The van der Waals surface area contributed by atoms with E-state index >= 15 is 0 Å². The molecule has 0 atom stereocenters. The van der Waals surface area contributed by atoms with Gasteiger partial charge in [0.25, 0.3) is 0 Å². The van der Waals surface area contributed by atoms with Crippen molar-refractivity contribution in [2.45, 2.75) is 19.3 Å². The smallest absolute Gasteiger partial charge is 0.135 e. The highest BCUT2D eigenvalue weighted by molar-refractivity contribution is 6.07. The predicted molar refractivity (Wildman–Crippen MR) is 170 cm³/mol. The van der Waals surface area contributed by atoms with E-state index in [1.54, 1.807) is 0 Å². The van der Waals surface area contributed by atoms with Gasteiger partial charge in [-0.25, -0.2) is 0 Å². The number of furan rings is 2. The van der Waals surface area contributed by atoms with E-state index < -0.39 is 0 Å². The van der Waals surface area contributed by atoms with Crippen molar-refractivity contribution in [2.24, 2.45) is 0 Å². The van der Waals surface area contributed by atoms with Crippen LogP contribution in [0.1, 0.15) is 30.4 Å². The van der Waals surface area contributed by atoms with Crippen LogP contribution >= 0.6 is 0 Å². The van der Waals surface area contributed by atoms with Gasteiger partial charge in [-0.2, -0.15) is 0 Å². The minimum Gasteiger partial charge on any atom is -0.456 e. The predicted octanol–water partition coefficient (Wildman–Crippen LogP) is 11.4. The highest BCUT2D eigenvalue weighted by Gasteiger charge is 2.14. The molecule has 0 aliphatic rings. The lowest BCUT2D eigenvalue weighted by molar-refractivity contribution is 0.668. The van der Waals surface area contributed by atoms with Crippen LogP contribution in [0.2, 0.25) is 0 Å². The van der Waals surface area contributed by atoms with Crippen LogP contribution in [-0.2, 0) is 0 Å². The number of para-hydroxylation sites is 2. The summed E-state index contributed by atoms with van der Waals surface area (Å²) in [4.78, 5) is 0. The van der Waals surface area contributed by atoms with Gasteiger partial charge >= 0.3 is 0 Å². The van der Waals surface area contributed by atoms with Crippen molar-refractivity contribution in [2.75, 3.05) is 0 Å². The van der Waals surface area contributed by atoms with E-state index in [4.69, 9.17) is 8.83 Å². The van der Waals surface area contributed by atoms with Crippen molar-refractivity contribution in [1.82, 2.24) is 0 Å². The Kier molecular flexibility index (Phi) is 5.53. The maximum Gasteiger partial charge on any atom is 0.135 e. The van der Waals surface area contributed by atoms with Gasteiger partial charge in [-0.15, -0.1) is 0 Å². The van der Waals surface area contributed by atoms with Gasteiger partial charge in [0.2, 0.25) is 0 Å². The van der Waals surface area contributed by atoms with Crippen LogP contribution in [0, 0.1) is 0 Å². The molecule has 8 aromatic rings. The maximum atomic E-state index is 6.02. The molecule has 0 unspecified atom stereocenters. The van der Waals surface area contributed by atoms with Gasteiger partial charge in [0.05, 0.1) is 0 Å². The largest absolute Gasteiger partial charge is 0.456 e. The van der Waals surface area contributed by atoms with Crippen molar-refractivity contribution in [3.05, 3.63) is 145 Å². The minimum atomic E-state index is 0.346. The van der Waals surface area contributed by atoms with Crippen LogP contribution in [0.25, 0.3) is 66.1 Å². The van der Waals surface area contributed by atoms with E-state index in [2.05, 4.69) is 116 Å². The number of fused-ring (bicyclic) bond motifs is 6. The van der Waals surface area contributed by atoms with E-state index in [1.165, 1.54) is 33.4 Å². The zero-order chi connectivity index (χ0) is 27.3. The molecule has 0 saturated carbocycles. The first-order chi connectivity index (χ1) is 20.2. The lowest BCUT2D eigenvalue weighted by Crippen LogP contribution is -1.99. The third kappa shape index (κ3) is 4.03. The van der Waals surface area contributed by atoms with Crippen molar-refractivity contribution >= 4 is 43.9 Å². The molecule has 0 aliphatic heterocycles. The quantitative estimate of drug-likeness (QED) is 0.222. The molecule has 6 aromatic carbocycles. The summed E-state index contributed by atoms with van der Waals surface area (Å²) in [6, 6.07) is 47.6. The molecule has 0 aliphatic carbocycles. The number of rotatable bonds is 5. The zero-order valence-corrected chi connectivity index (χ0v) is 22.8. The highest BCUT2D eigenvalue weighted by Crippen LogP contribution is 2.36. The molecule has 0 saturated heterocycles. The fourth-order valence-corrected chi connectivity index (χ4v) is 6.29. The monoisotopic (exact) mass is 528 g/mol.